The van der Waals surface area contributed by atoms with Crippen LogP contribution in [0.5, 0.6) is 34.5 Å². The lowest BCUT2D eigenvalue weighted by Gasteiger charge is -2.19. The zero-order valence-corrected chi connectivity index (χ0v) is 63.4. The Morgan fingerprint density at radius 2 is 0.454 bits per heavy atom. The summed E-state index contributed by atoms with van der Waals surface area (Å²) in [6.07, 6.45) is 0. The number of nitrogens with zero attached hydrogens (tertiary/aromatic N) is 2. The molecule has 0 radical (unpaired) electrons. The first-order valence-electron chi connectivity index (χ1n) is 35.7. The molecule has 108 heavy (non-hydrogen) atoms. The highest BCUT2D eigenvalue weighted by molar-refractivity contribution is 5.95. The van der Waals surface area contributed by atoms with Gasteiger partial charge in [0.15, 0.2) is 23.0 Å². The molecular weight excluding hydrogens is 1420 g/mol. The molecule has 4 aromatic rings. The molecule has 4 aromatic carbocycles. The third kappa shape index (κ3) is 44.2. The van der Waals surface area contributed by atoms with Crippen LogP contribution in [0.2, 0.25) is 0 Å². The fourth-order valence-electron chi connectivity index (χ4n) is 8.60. The number of benzene rings is 4. The molecule has 0 aliphatic carbocycles. The molecule has 0 fully saturated rings. The van der Waals surface area contributed by atoms with E-state index in [1.54, 1.807) is 91.2 Å². The summed E-state index contributed by atoms with van der Waals surface area (Å²) in [5, 5.41) is 14.1. The molecule has 34 nitrogen and oxygen atoms in total. The molecule has 0 bridgehead atoms. The van der Waals surface area contributed by atoms with Crippen LogP contribution in [0.25, 0.3) is 0 Å². The van der Waals surface area contributed by atoms with Crippen molar-refractivity contribution in [2.45, 2.75) is 0 Å². The third-order valence-corrected chi connectivity index (χ3v) is 14.0. The summed E-state index contributed by atoms with van der Waals surface area (Å²) in [5.41, 5.74) is 1.67. The molecule has 608 valence electrons. The van der Waals surface area contributed by atoms with Crippen molar-refractivity contribution in [3.63, 3.8) is 0 Å². The van der Waals surface area contributed by atoms with Crippen LogP contribution < -0.4 is 39.1 Å². The molecule has 4 rings (SSSR count). The van der Waals surface area contributed by atoms with Gasteiger partial charge in [0.2, 0.25) is 11.5 Å². The molecule has 0 saturated carbocycles. The highest BCUT2D eigenvalue weighted by Crippen LogP contribution is 2.41. The molecule has 0 spiro atoms. The maximum atomic E-state index is 13.7. The number of hydrogen-bond donors (Lipinski definition) is 2. The quantitative estimate of drug-likeness (QED) is 0.0307. The summed E-state index contributed by atoms with van der Waals surface area (Å²) in [6, 6.07) is 18.6. The average Bonchev–Trinajstić information content (AvgIpc) is 0.822. The molecule has 0 aromatic heterocycles. The van der Waals surface area contributed by atoms with Gasteiger partial charge in [0.25, 0.3) is 11.8 Å². The van der Waals surface area contributed by atoms with Gasteiger partial charge in [-0.25, -0.2) is 9.59 Å². The Morgan fingerprint density at radius 3 is 0.676 bits per heavy atom. The Morgan fingerprint density at radius 1 is 0.250 bits per heavy atom. The summed E-state index contributed by atoms with van der Waals surface area (Å²) in [7, 11) is 9.57. The van der Waals surface area contributed by atoms with Crippen LogP contribution in [0.3, 0.4) is 0 Å². The van der Waals surface area contributed by atoms with Crippen LogP contribution in [0.15, 0.2) is 83.0 Å². The van der Waals surface area contributed by atoms with Crippen molar-refractivity contribution in [2.75, 3.05) is 307 Å². The number of rotatable bonds is 72. The highest BCUT2D eigenvalue weighted by Gasteiger charge is 2.23. The van der Waals surface area contributed by atoms with Gasteiger partial charge in [0.1, 0.15) is 52.9 Å². The number of carbonyl (C=O) groups excluding carboxylic acids is 4. The van der Waals surface area contributed by atoms with Crippen LogP contribution in [-0.4, -0.2) is 331 Å². The molecule has 2 N–H and O–H groups in total. The van der Waals surface area contributed by atoms with Crippen molar-refractivity contribution in [1.29, 1.82) is 0 Å². The Hall–Kier alpha value is -7.56. The molecule has 0 saturated heterocycles. The van der Waals surface area contributed by atoms with Crippen molar-refractivity contribution in [3.8, 4) is 34.5 Å². The van der Waals surface area contributed by atoms with E-state index in [0.717, 1.165) is 0 Å². The van der Waals surface area contributed by atoms with Crippen molar-refractivity contribution >= 4 is 35.1 Å². The zero-order valence-electron chi connectivity index (χ0n) is 63.4. The van der Waals surface area contributed by atoms with E-state index in [-0.39, 0.29) is 151 Å². The van der Waals surface area contributed by atoms with Gasteiger partial charge in [-0.1, -0.05) is 0 Å². The minimum atomic E-state index is -0.726. The van der Waals surface area contributed by atoms with Gasteiger partial charge in [-0.3, -0.25) is 9.59 Å². The van der Waals surface area contributed by atoms with Crippen molar-refractivity contribution in [3.05, 3.63) is 95.1 Å². The van der Waals surface area contributed by atoms with E-state index in [4.69, 9.17) is 123 Å². The number of esters is 2. The number of azo groups is 1. The lowest BCUT2D eigenvalue weighted by atomic mass is 10.2. The van der Waals surface area contributed by atoms with Gasteiger partial charge in [-0.05, 0) is 72.8 Å². The summed E-state index contributed by atoms with van der Waals surface area (Å²) < 4.78 is 145. The minimum Gasteiger partial charge on any atom is -0.487 e. The van der Waals surface area contributed by atoms with E-state index in [0.29, 0.717) is 181 Å². The van der Waals surface area contributed by atoms with E-state index in [9.17, 15) is 19.2 Å². The SMILES string of the molecule is COCCOCCOCCOc1cc(C(=O)OCCNC(=O)c2ccc(N=Nc3ccc(C(=O)NCCOC(=O)c4cc(OCCOCCOCCOC)c(OCCOCCOCCOC)c(OCCOCCOCCOC)c4)cc3)cc2)cc(OCCOCCOCCOC)c1OCCOCCOCCOC. The number of carbonyl (C=O) groups is 4. The monoisotopic (exact) mass is 1540 g/mol. The van der Waals surface area contributed by atoms with Gasteiger partial charge in [0.05, 0.1) is 234 Å². The molecule has 34 heteroatoms. The maximum Gasteiger partial charge on any atom is 0.338 e. The predicted molar refractivity (Wildman–Crippen MR) is 389 cm³/mol. The normalized spacial score (nSPS) is 11.3. The number of hydrogen-bond acceptors (Lipinski definition) is 32. The fraction of sp³-hybridized carbons (Fsp3) is 0.622. The first-order valence-corrected chi connectivity index (χ1v) is 35.7. The van der Waals surface area contributed by atoms with Crippen molar-refractivity contribution < 1.29 is 142 Å². The predicted octanol–water partition coefficient (Wildman–Crippen LogP) is 5.63. The second-order valence-electron chi connectivity index (χ2n) is 22.1. The summed E-state index contributed by atoms with van der Waals surface area (Å²) in [5.74, 6) is -1.17. The van der Waals surface area contributed by atoms with E-state index in [1.807, 2.05) is 0 Å². The van der Waals surface area contributed by atoms with Gasteiger partial charge in [0, 0.05) is 53.8 Å². The molecule has 0 aliphatic rings. The highest BCUT2D eigenvalue weighted by atomic mass is 16.6. The van der Waals surface area contributed by atoms with Gasteiger partial charge < -0.3 is 134 Å². The van der Waals surface area contributed by atoms with E-state index < -0.39 is 23.8 Å². The van der Waals surface area contributed by atoms with Crippen LogP contribution in [0.1, 0.15) is 41.4 Å². The Balaban J connectivity index is 1.33. The zero-order chi connectivity index (χ0) is 77.2. The Labute approximate surface area is 632 Å². The molecule has 0 atom stereocenters. The summed E-state index contributed by atoms with van der Waals surface area (Å²) >= 11 is 0. The van der Waals surface area contributed by atoms with Gasteiger partial charge in [-0.15, -0.1) is 0 Å². The van der Waals surface area contributed by atoms with E-state index in [2.05, 4.69) is 20.9 Å². The average molecular weight is 1540 g/mol. The third-order valence-electron chi connectivity index (χ3n) is 14.0. The van der Waals surface area contributed by atoms with Gasteiger partial charge in [-0.2, -0.15) is 10.2 Å². The largest absolute Gasteiger partial charge is 0.487 e. The second kappa shape index (κ2) is 64.3. The van der Waals surface area contributed by atoms with Crippen LogP contribution >= 0.6 is 0 Å². The Bertz CT molecular complexity index is 2690. The van der Waals surface area contributed by atoms with Gasteiger partial charge >= 0.3 is 11.9 Å². The lowest BCUT2D eigenvalue weighted by Crippen LogP contribution is -2.28. The maximum absolute atomic E-state index is 13.7. The topological polar surface area (TPSA) is 357 Å². The number of nitrogens with one attached hydrogen (secondary N) is 2. The summed E-state index contributed by atoms with van der Waals surface area (Å²) in [6.45, 7) is 10.7. The number of ether oxygens (including phenoxy) is 26. The summed E-state index contributed by atoms with van der Waals surface area (Å²) in [4.78, 5) is 53.8. The molecule has 2 amide bonds. The molecule has 0 heterocycles. The van der Waals surface area contributed by atoms with E-state index in [1.165, 1.54) is 24.3 Å². The van der Waals surface area contributed by atoms with Crippen LogP contribution in [-0.2, 0) is 94.7 Å². The van der Waals surface area contributed by atoms with Crippen LogP contribution in [0, 0.1) is 0 Å². The lowest BCUT2D eigenvalue weighted by molar-refractivity contribution is 0.0146. The molecule has 0 unspecified atom stereocenters. The Kier molecular flexibility index (Phi) is 55.2. The molecular formula is C74H112N4O30. The smallest absolute Gasteiger partial charge is 0.338 e. The molecule has 0 aliphatic heterocycles. The number of methoxy groups -OCH3 is 6. The first kappa shape index (κ1) is 92.8. The minimum absolute atomic E-state index is 0.0257. The van der Waals surface area contributed by atoms with Crippen LogP contribution in [0.4, 0.5) is 11.4 Å². The van der Waals surface area contributed by atoms with E-state index >= 15 is 0 Å². The second-order valence-corrected chi connectivity index (χ2v) is 22.1. The fourth-order valence-corrected chi connectivity index (χ4v) is 8.60. The standard InChI is InChI=1S/C74H112N4O30/c1-83-19-25-89-31-37-95-43-49-101-65-55-61(56-66(102-50-44-96-38-32-90-26-20-84-2)69(65)105-53-47-99-41-35-93-29-23-87-5)73(81)107-17-15-75-71(79)59-7-11-63(12-8-59)77-78-64-13-9-60(10-14-64)72(80)76-16-18-108-74(82)62-57-67(103-51-45-97-39-33-91-27-21-85-3)70(106-54-48-100-42-36-94-30-24-88-6)68(58-62)104-52-46-98-40-34-92-28-22-86-4/h7-14,55-58H,15-54H2,1-6H3,(H,75,79)(H,76,80). The van der Waals surface area contributed by atoms with Crippen molar-refractivity contribution in [2.24, 2.45) is 10.2 Å². The van der Waals surface area contributed by atoms with Crippen molar-refractivity contribution in [1.82, 2.24) is 10.6 Å². The first-order chi connectivity index (χ1) is 53.1. The number of amides is 2.